The number of benzene rings is 1. The van der Waals surface area contributed by atoms with Crippen molar-refractivity contribution in [2.24, 2.45) is 0 Å². The van der Waals surface area contributed by atoms with Gasteiger partial charge in [-0.15, -0.1) is 0 Å². The summed E-state index contributed by atoms with van der Waals surface area (Å²) in [5, 5.41) is 13.5. The number of aliphatic hydroxyl groups is 1. The van der Waals surface area contributed by atoms with Crippen molar-refractivity contribution in [3.05, 3.63) is 33.3 Å². The average Bonchev–Trinajstić information content (AvgIpc) is 2.88. The highest BCUT2D eigenvalue weighted by Gasteiger charge is 2.24. The molecule has 1 aliphatic heterocycles. The van der Waals surface area contributed by atoms with Gasteiger partial charge in [0.05, 0.1) is 6.61 Å². The van der Waals surface area contributed by atoms with E-state index in [1.165, 1.54) is 6.42 Å². The first-order chi connectivity index (χ1) is 9.65. The van der Waals surface area contributed by atoms with Gasteiger partial charge in [0.25, 0.3) is 0 Å². The molecular formula is C15H22BrClN2O. The fraction of sp³-hybridized carbons (Fsp3) is 0.600. The maximum absolute atomic E-state index is 9.37. The van der Waals surface area contributed by atoms with E-state index < -0.39 is 0 Å². The number of nitrogens with one attached hydrogen (secondary N) is 1. The first-order valence-electron chi connectivity index (χ1n) is 7.12. The van der Waals surface area contributed by atoms with Gasteiger partial charge in [0.15, 0.2) is 0 Å². The van der Waals surface area contributed by atoms with Crippen molar-refractivity contribution in [2.45, 2.75) is 31.3 Å². The van der Waals surface area contributed by atoms with Crippen LogP contribution in [-0.4, -0.2) is 42.8 Å². The third-order valence-electron chi connectivity index (χ3n) is 4.10. The molecule has 5 heteroatoms. The lowest BCUT2D eigenvalue weighted by Gasteiger charge is -2.26. The van der Waals surface area contributed by atoms with E-state index in [4.69, 9.17) is 11.6 Å². The largest absolute Gasteiger partial charge is 0.395 e. The number of likely N-dealkylation sites (tertiary alicyclic amines) is 1. The van der Waals surface area contributed by atoms with Crippen LogP contribution in [0.5, 0.6) is 0 Å². The zero-order valence-electron chi connectivity index (χ0n) is 11.8. The SMILES string of the molecule is CNC(CCN1CCCC1CO)c1ccc(Br)cc1Cl. The van der Waals surface area contributed by atoms with Crippen molar-refractivity contribution >= 4 is 27.5 Å². The summed E-state index contributed by atoms with van der Waals surface area (Å²) in [4.78, 5) is 2.39. The molecule has 1 heterocycles. The zero-order valence-corrected chi connectivity index (χ0v) is 14.1. The summed E-state index contributed by atoms with van der Waals surface area (Å²) in [5.74, 6) is 0. The third kappa shape index (κ3) is 3.95. The lowest BCUT2D eigenvalue weighted by Crippen LogP contribution is -2.34. The van der Waals surface area contributed by atoms with Gasteiger partial charge in [-0.2, -0.15) is 0 Å². The Kier molecular flexibility index (Phi) is 6.30. The van der Waals surface area contributed by atoms with Crippen molar-refractivity contribution in [3.63, 3.8) is 0 Å². The quantitative estimate of drug-likeness (QED) is 0.816. The van der Waals surface area contributed by atoms with Crippen LogP contribution in [0.2, 0.25) is 5.02 Å². The van der Waals surface area contributed by atoms with E-state index in [-0.39, 0.29) is 12.6 Å². The number of halogens is 2. The number of aliphatic hydroxyl groups excluding tert-OH is 1. The van der Waals surface area contributed by atoms with Crippen LogP contribution in [0.15, 0.2) is 22.7 Å². The summed E-state index contributed by atoms with van der Waals surface area (Å²) in [6.45, 7) is 2.35. The fourth-order valence-corrected chi connectivity index (χ4v) is 3.74. The Morgan fingerprint density at radius 1 is 1.55 bits per heavy atom. The van der Waals surface area contributed by atoms with Gasteiger partial charge in [0.1, 0.15) is 0 Å². The topological polar surface area (TPSA) is 35.5 Å². The Hall–Kier alpha value is -0.130. The molecule has 3 nitrogen and oxygen atoms in total. The highest BCUT2D eigenvalue weighted by atomic mass is 79.9. The fourth-order valence-electron chi connectivity index (χ4n) is 2.93. The summed E-state index contributed by atoms with van der Waals surface area (Å²) < 4.78 is 1.00. The van der Waals surface area contributed by atoms with Gasteiger partial charge in [-0.05, 0) is 50.6 Å². The molecule has 0 spiro atoms. The van der Waals surface area contributed by atoms with Gasteiger partial charge in [-0.3, -0.25) is 4.90 Å². The van der Waals surface area contributed by atoms with Crippen LogP contribution in [0.4, 0.5) is 0 Å². The molecule has 0 radical (unpaired) electrons. The van der Waals surface area contributed by atoms with E-state index in [1.54, 1.807) is 0 Å². The lowest BCUT2D eigenvalue weighted by atomic mass is 10.0. The third-order valence-corrected chi connectivity index (χ3v) is 4.92. The minimum Gasteiger partial charge on any atom is -0.395 e. The summed E-state index contributed by atoms with van der Waals surface area (Å²) in [5.41, 5.74) is 1.14. The molecule has 1 aromatic rings. The number of hydrogen-bond acceptors (Lipinski definition) is 3. The van der Waals surface area contributed by atoms with Crippen molar-refractivity contribution in [3.8, 4) is 0 Å². The van der Waals surface area contributed by atoms with Crippen LogP contribution in [0.3, 0.4) is 0 Å². The van der Waals surface area contributed by atoms with Crippen molar-refractivity contribution in [2.75, 3.05) is 26.7 Å². The summed E-state index contributed by atoms with van der Waals surface area (Å²) in [7, 11) is 1.97. The van der Waals surface area contributed by atoms with E-state index in [9.17, 15) is 5.11 Å². The van der Waals surface area contributed by atoms with E-state index >= 15 is 0 Å². The second-order valence-corrected chi connectivity index (χ2v) is 6.63. The number of nitrogens with zero attached hydrogens (tertiary/aromatic N) is 1. The lowest BCUT2D eigenvalue weighted by molar-refractivity contribution is 0.154. The second-order valence-electron chi connectivity index (χ2n) is 5.31. The van der Waals surface area contributed by atoms with E-state index in [1.807, 2.05) is 19.2 Å². The molecule has 1 fully saturated rings. The van der Waals surface area contributed by atoms with Gasteiger partial charge in [-0.1, -0.05) is 33.6 Å². The van der Waals surface area contributed by atoms with E-state index in [0.717, 1.165) is 41.0 Å². The van der Waals surface area contributed by atoms with Crippen LogP contribution in [0, 0.1) is 0 Å². The Bertz CT molecular complexity index is 444. The smallest absolute Gasteiger partial charge is 0.0586 e. The van der Waals surface area contributed by atoms with Crippen LogP contribution in [0.25, 0.3) is 0 Å². The van der Waals surface area contributed by atoms with Crippen molar-refractivity contribution < 1.29 is 5.11 Å². The second kappa shape index (κ2) is 7.76. The molecule has 1 saturated heterocycles. The molecule has 2 rings (SSSR count). The standard InChI is InChI=1S/C15H22BrClN2O/c1-18-15(13-5-4-11(16)9-14(13)17)6-8-19-7-2-3-12(19)10-20/h4-5,9,12,15,18,20H,2-3,6-8,10H2,1H3. The molecular weight excluding hydrogens is 340 g/mol. The number of hydrogen-bond donors (Lipinski definition) is 2. The Morgan fingerprint density at radius 3 is 3.00 bits per heavy atom. The molecule has 0 saturated carbocycles. The molecule has 2 unspecified atom stereocenters. The predicted octanol–water partition coefficient (Wildman–Crippen LogP) is 3.21. The highest BCUT2D eigenvalue weighted by Crippen LogP contribution is 2.29. The average molecular weight is 362 g/mol. The minimum absolute atomic E-state index is 0.246. The molecule has 112 valence electrons. The van der Waals surface area contributed by atoms with Gasteiger partial charge in [-0.25, -0.2) is 0 Å². The summed E-state index contributed by atoms with van der Waals surface area (Å²) in [6.07, 6.45) is 3.29. The molecule has 1 aliphatic rings. The van der Waals surface area contributed by atoms with Crippen molar-refractivity contribution in [1.29, 1.82) is 0 Å². The Labute approximate surface area is 134 Å². The Balaban J connectivity index is 1.98. The normalized spacial score (nSPS) is 21.3. The highest BCUT2D eigenvalue weighted by molar-refractivity contribution is 9.10. The summed E-state index contributed by atoms with van der Waals surface area (Å²) in [6, 6.07) is 6.62. The maximum atomic E-state index is 9.37. The van der Waals surface area contributed by atoms with Crippen LogP contribution in [-0.2, 0) is 0 Å². The van der Waals surface area contributed by atoms with Gasteiger partial charge < -0.3 is 10.4 Å². The van der Waals surface area contributed by atoms with Gasteiger partial charge in [0.2, 0.25) is 0 Å². The molecule has 2 atom stereocenters. The predicted molar refractivity (Wildman–Crippen MR) is 87.3 cm³/mol. The first kappa shape index (κ1) is 16.2. The molecule has 0 amide bonds. The molecule has 0 aliphatic carbocycles. The van der Waals surface area contributed by atoms with Crippen LogP contribution < -0.4 is 5.32 Å². The van der Waals surface area contributed by atoms with Crippen LogP contribution >= 0.6 is 27.5 Å². The van der Waals surface area contributed by atoms with E-state index in [2.05, 4.69) is 32.2 Å². The van der Waals surface area contributed by atoms with Crippen LogP contribution in [0.1, 0.15) is 30.9 Å². The zero-order chi connectivity index (χ0) is 14.5. The Morgan fingerprint density at radius 2 is 2.35 bits per heavy atom. The molecule has 1 aromatic carbocycles. The molecule has 20 heavy (non-hydrogen) atoms. The van der Waals surface area contributed by atoms with Gasteiger partial charge >= 0.3 is 0 Å². The number of rotatable bonds is 6. The molecule has 0 bridgehead atoms. The summed E-state index contributed by atoms with van der Waals surface area (Å²) >= 11 is 9.77. The van der Waals surface area contributed by atoms with Gasteiger partial charge in [0, 0.05) is 28.1 Å². The molecule has 2 N–H and O–H groups in total. The maximum Gasteiger partial charge on any atom is 0.0586 e. The van der Waals surface area contributed by atoms with E-state index in [0.29, 0.717) is 6.04 Å². The monoisotopic (exact) mass is 360 g/mol. The first-order valence-corrected chi connectivity index (χ1v) is 8.30. The van der Waals surface area contributed by atoms with Crippen molar-refractivity contribution in [1.82, 2.24) is 10.2 Å². The molecule has 0 aromatic heterocycles. The minimum atomic E-state index is 0.246.